The summed E-state index contributed by atoms with van der Waals surface area (Å²) in [7, 11) is -2.90. The van der Waals surface area contributed by atoms with E-state index in [1.165, 1.54) is 0 Å². The van der Waals surface area contributed by atoms with Gasteiger partial charge in [0.1, 0.15) is 9.84 Å². The number of carbonyl (C=O) groups excluding carboxylic acids is 1. The third-order valence-corrected chi connectivity index (χ3v) is 6.41. The standard InChI is InChI=1S/C20H23NO3S/c22-20(15-17-11-13-25(23,24)14-12-17)21(19-9-5-2-6-10-19)16-18-7-3-1-4-8-18/h1-10,17H,11-16H2. The molecule has 1 amide bonds. The van der Waals surface area contributed by atoms with Crippen molar-refractivity contribution in [3.05, 3.63) is 66.2 Å². The average Bonchev–Trinajstić information content (AvgIpc) is 2.63. The first-order chi connectivity index (χ1) is 12.0. The zero-order chi connectivity index (χ0) is 17.7. The number of anilines is 1. The number of hydrogen-bond acceptors (Lipinski definition) is 3. The summed E-state index contributed by atoms with van der Waals surface area (Å²) in [5, 5.41) is 0. The van der Waals surface area contributed by atoms with Gasteiger partial charge < -0.3 is 4.90 Å². The van der Waals surface area contributed by atoms with Crippen molar-refractivity contribution in [1.82, 2.24) is 0 Å². The molecular formula is C20H23NO3S. The summed E-state index contributed by atoms with van der Waals surface area (Å²) in [5.41, 5.74) is 1.95. The van der Waals surface area contributed by atoms with Gasteiger partial charge in [0.2, 0.25) is 5.91 Å². The Bertz CT molecular complexity index is 789. The van der Waals surface area contributed by atoms with Gasteiger partial charge in [0.25, 0.3) is 0 Å². The molecular weight excluding hydrogens is 334 g/mol. The Labute approximate surface area is 149 Å². The number of para-hydroxylation sites is 1. The molecule has 1 aliphatic heterocycles. The number of hydrogen-bond donors (Lipinski definition) is 0. The van der Waals surface area contributed by atoms with Crippen LogP contribution < -0.4 is 4.90 Å². The maximum absolute atomic E-state index is 13.0. The summed E-state index contributed by atoms with van der Waals surface area (Å²) in [6, 6.07) is 19.6. The number of nitrogens with zero attached hydrogens (tertiary/aromatic N) is 1. The molecule has 0 radical (unpaired) electrons. The second-order valence-corrected chi connectivity index (χ2v) is 8.90. The molecule has 2 aromatic rings. The van der Waals surface area contributed by atoms with E-state index in [1.807, 2.05) is 60.7 Å². The third kappa shape index (κ3) is 4.92. The maximum Gasteiger partial charge on any atom is 0.227 e. The minimum absolute atomic E-state index is 0.0550. The molecule has 0 aliphatic carbocycles. The molecule has 1 aliphatic rings. The predicted molar refractivity (Wildman–Crippen MR) is 100 cm³/mol. The van der Waals surface area contributed by atoms with Gasteiger partial charge in [-0.15, -0.1) is 0 Å². The van der Waals surface area contributed by atoms with Gasteiger partial charge >= 0.3 is 0 Å². The van der Waals surface area contributed by atoms with Crippen molar-refractivity contribution in [3.63, 3.8) is 0 Å². The Morgan fingerprint density at radius 3 is 2.08 bits per heavy atom. The summed E-state index contributed by atoms with van der Waals surface area (Å²) in [5.74, 6) is 0.613. The molecule has 1 heterocycles. The molecule has 0 spiro atoms. The van der Waals surface area contributed by atoms with Crippen LogP contribution in [-0.2, 0) is 21.2 Å². The van der Waals surface area contributed by atoms with Crippen LogP contribution in [-0.4, -0.2) is 25.8 Å². The Hall–Kier alpha value is -2.14. The first kappa shape index (κ1) is 17.7. The van der Waals surface area contributed by atoms with Gasteiger partial charge in [-0.1, -0.05) is 48.5 Å². The highest BCUT2D eigenvalue weighted by Gasteiger charge is 2.27. The lowest BCUT2D eigenvalue weighted by Crippen LogP contribution is -2.34. The Morgan fingerprint density at radius 1 is 0.920 bits per heavy atom. The fourth-order valence-corrected chi connectivity index (χ4v) is 4.79. The number of rotatable bonds is 5. The van der Waals surface area contributed by atoms with E-state index in [2.05, 4.69) is 0 Å². The van der Waals surface area contributed by atoms with E-state index in [0.29, 0.717) is 25.8 Å². The molecule has 0 saturated carbocycles. The van der Waals surface area contributed by atoms with E-state index in [9.17, 15) is 13.2 Å². The van der Waals surface area contributed by atoms with E-state index in [0.717, 1.165) is 11.3 Å². The summed E-state index contributed by atoms with van der Waals surface area (Å²) in [6.07, 6.45) is 1.57. The van der Waals surface area contributed by atoms with Crippen molar-refractivity contribution in [2.24, 2.45) is 5.92 Å². The first-order valence-corrected chi connectivity index (χ1v) is 10.5. The van der Waals surface area contributed by atoms with E-state index in [-0.39, 0.29) is 23.3 Å². The zero-order valence-electron chi connectivity index (χ0n) is 14.2. The smallest absolute Gasteiger partial charge is 0.227 e. The third-order valence-electron chi connectivity index (χ3n) is 4.69. The molecule has 0 bridgehead atoms. The highest BCUT2D eigenvalue weighted by Crippen LogP contribution is 2.25. The molecule has 132 valence electrons. The minimum Gasteiger partial charge on any atom is -0.308 e. The van der Waals surface area contributed by atoms with Crippen LogP contribution in [0.5, 0.6) is 0 Å². The second-order valence-electron chi connectivity index (χ2n) is 6.60. The quantitative estimate of drug-likeness (QED) is 0.824. The number of amides is 1. The van der Waals surface area contributed by atoms with Crippen LogP contribution in [0.3, 0.4) is 0 Å². The van der Waals surface area contributed by atoms with Crippen molar-refractivity contribution < 1.29 is 13.2 Å². The van der Waals surface area contributed by atoms with E-state index < -0.39 is 9.84 Å². The molecule has 4 nitrogen and oxygen atoms in total. The van der Waals surface area contributed by atoms with Gasteiger partial charge in [0.05, 0.1) is 18.1 Å². The largest absolute Gasteiger partial charge is 0.308 e. The zero-order valence-corrected chi connectivity index (χ0v) is 15.0. The summed E-state index contributed by atoms with van der Waals surface area (Å²) in [4.78, 5) is 14.8. The lowest BCUT2D eigenvalue weighted by Gasteiger charge is -2.27. The maximum atomic E-state index is 13.0. The molecule has 25 heavy (non-hydrogen) atoms. The van der Waals surface area contributed by atoms with Gasteiger partial charge in [-0.25, -0.2) is 8.42 Å². The lowest BCUT2D eigenvalue weighted by molar-refractivity contribution is -0.119. The summed E-state index contributed by atoms with van der Waals surface area (Å²) < 4.78 is 23.2. The molecule has 0 N–H and O–H groups in total. The summed E-state index contributed by atoms with van der Waals surface area (Å²) >= 11 is 0. The molecule has 3 rings (SSSR count). The van der Waals surface area contributed by atoms with Crippen molar-refractivity contribution >= 4 is 21.4 Å². The van der Waals surface area contributed by atoms with Crippen LogP contribution in [0.1, 0.15) is 24.8 Å². The molecule has 1 saturated heterocycles. The van der Waals surface area contributed by atoms with Crippen molar-refractivity contribution in [1.29, 1.82) is 0 Å². The van der Waals surface area contributed by atoms with Gasteiger partial charge in [0, 0.05) is 12.1 Å². The monoisotopic (exact) mass is 357 g/mol. The van der Waals surface area contributed by atoms with Crippen LogP contribution in [0.25, 0.3) is 0 Å². The molecule has 0 aromatic heterocycles. The Kier molecular flexibility index (Phi) is 5.53. The highest BCUT2D eigenvalue weighted by molar-refractivity contribution is 7.91. The normalized spacial score (nSPS) is 17.1. The van der Waals surface area contributed by atoms with Crippen LogP contribution in [0.2, 0.25) is 0 Å². The minimum atomic E-state index is -2.90. The predicted octanol–water partition coefficient (Wildman–Crippen LogP) is 3.43. The van der Waals surface area contributed by atoms with E-state index >= 15 is 0 Å². The van der Waals surface area contributed by atoms with Crippen LogP contribution in [0.4, 0.5) is 5.69 Å². The number of sulfone groups is 1. The van der Waals surface area contributed by atoms with Gasteiger partial charge in [-0.05, 0) is 36.5 Å². The molecule has 1 fully saturated rings. The van der Waals surface area contributed by atoms with Gasteiger partial charge in [0.15, 0.2) is 0 Å². The van der Waals surface area contributed by atoms with Crippen molar-refractivity contribution in [3.8, 4) is 0 Å². The molecule has 5 heteroatoms. The van der Waals surface area contributed by atoms with E-state index in [4.69, 9.17) is 0 Å². The van der Waals surface area contributed by atoms with Crippen LogP contribution in [0, 0.1) is 5.92 Å². The Morgan fingerprint density at radius 2 is 1.48 bits per heavy atom. The summed E-state index contributed by atoms with van der Waals surface area (Å²) in [6.45, 7) is 0.523. The van der Waals surface area contributed by atoms with Crippen molar-refractivity contribution in [2.75, 3.05) is 16.4 Å². The van der Waals surface area contributed by atoms with E-state index in [1.54, 1.807) is 4.90 Å². The van der Waals surface area contributed by atoms with Crippen LogP contribution >= 0.6 is 0 Å². The number of carbonyl (C=O) groups is 1. The topological polar surface area (TPSA) is 54.5 Å². The number of benzene rings is 2. The second kappa shape index (κ2) is 7.83. The van der Waals surface area contributed by atoms with Gasteiger partial charge in [-0.3, -0.25) is 4.79 Å². The van der Waals surface area contributed by atoms with Gasteiger partial charge in [-0.2, -0.15) is 0 Å². The van der Waals surface area contributed by atoms with Crippen LogP contribution in [0.15, 0.2) is 60.7 Å². The lowest BCUT2D eigenvalue weighted by atomic mass is 9.98. The SMILES string of the molecule is O=C(CC1CCS(=O)(=O)CC1)N(Cc1ccccc1)c1ccccc1. The van der Waals surface area contributed by atoms with Crippen molar-refractivity contribution in [2.45, 2.75) is 25.8 Å². The highest BCUT2D eigenvalue weighted by atomic mass is 32.2. The Balaban J connectivity index is 1.73. The fraction of sp³-hybridized carbons (Fsp3) is 0.350. The molecule has 0 unspecified atom stereocenters. The molecule has 0 atom stereocenters. The average molecular weight is 357 g/mol. The molecule has 2 aromatic carbocycles. The fourth-order valence-electron chi connectivity index (χ4n) is 3.20. The first-order valence-electron chi connectivity index (χ1n) is 8.63.